The summed E-state index contributed by atoms with van der Waals surface area (Å²) in [6.07, 6.45) is 0. The minimum atomic E-state index is -0.497. The van der Waals surface area contributed by atoms with Gasteiger partial charge in [0, 0.05) is 32.7 Å². The Labute approximate surface area is 307 Å². The molecule has 3 heterocycles. The first-order valence-corrected chi connectivity index (χ1v) is 16.9. The van der Waals surface area contributed by atoms with Crippen molar-refractivity contribution in [1.82, 2.24) is 19.5 Å². The van der Waals surface area contributed by atoms with E-state index >= 15 is 0 Å². The van der Waals surface area contributed by atoms with E-state index < -0.39 is 30.2 Å². The van der Waals surface area contributed by atoms with Gasteiger partial charge in [0.25, 0.3) is 0 Å². The van der Waals surface area contributed by atoms with Crippen molar-refractivity contribution in [2.24, 2.45) is 0 Å². The fraction of sp³-hybridized carbons (Fsp3) is 0. The van der Waals surface area contributed by atoms with Gasteiger partial charge in [0.2, 0.25) is 5.95 Å². The molecular weight excluding hydrogens is 637 g/mol. The minimum absolute atomic E-state index is 0.0213. The number of hydrogen-bond acceptors (Lipinski definition) is 4. The molecule has 0 N–H and O–H groups in total. The van der Waals surface area contributed by atoms with Gasteiger partial charge in [-0.05, 0) is 69.1 Å². The van der Waals surface area contributed by atoms with Crippen molar-refractivity contribution >= 4 is 65.3 Å². The van der Waals surface area contributed by atoms with Crippen LogP contribution in [0.5, 0.6) is 0 Å². The molecule has 0 aliphatic heterocycles. The van der Waals surface area contributed by atoms with Crippen molar-refractivity contribution in [2.45, 2.75) is 0 Å². The zero-order valence-electron chi connectivity index (χ0n) is 34.3. The molecule has 52 heavy (non-hydrogen) atoms. The third kappa shape index (κ3) is 4.33. The maximum Gasteiger partial charge on any atom is 0.238 e. The van der Waals surface area contributed by atoms with Crippen LogP contribution in [0, 0.1) is 0 Å². The van der Waals surface area contributed by atoms with Gasteiger partial charge in [-0.15, -0.1) is 0 Å². The van der Waals surface area contributed by atoms with Crippen molar-refractivity contribution in [3.8, 4) is 39.9 Å². The number of para-hydroxylation sites is 2. The van der Waals surface area contributed by atoms with Crippen LogP contribution in [0.2, 0.25) is 0 Å². The molecule has 0 unspecified atom stereocenters. The van der Waals surface area contributed by atoms with E-state index in [-0.39, 0.29) is 28.4 Å². The second-order valence-electron chi connectivity index (χ2n) is 12.7. The molecule has 8 aromatic carbocycles. The Bertz CT molecular complexity index is 3540. The highest BCUT2D eigenvalue weighted by atomic mass is 16.3. The zero-order valence-corrected chi connectivity index (χ0v) is 27.3. The van der Waals surface area contributed by atoms with Gasteiger partial charge in [-0.1, -0.05) is 133 Å². The summed E-state index contributed by atoms with van der Waals surface area (Å²) in [6.45, 7) is 0. The maximum atomic E-state index is 9.09. The highest BCUT2D eigenvalue weighted by molar-refractivity contribution is 6.23. The van der Waals surface area contributed by atoms with Crippen LogP contribution in [0.1, 0.15) is 9.60 Å². The Hall–Kier alpha value is -7.11. The molecule has 0 radical (unpaired) electrons. The Morgan fingerprint density at radius 2 is 1.12 bits per heavy atom. The maximum absolute atomic E-state index is 9.09. The van der Waals surface area contributed by atoms with Crippen LogP contribution in [-0.4, -0.2) is 19.5 Å². The third-order valence-electron chi connectivity index (χ3n) is 9.75. The van der Waals surface area contributed by atoms with Crippen molar-refractivity contribution in [3.05, 3.63) is 170 Å². The van der Waals surface area contributed by atoms with Crippen molar-refractivity contribution in [1.29, 1.82) is 0 Å². The lowest BCUT2D eigenvalue weighted by Crippen LogP contribution is -2.06. The van der Waals surface area contributed by atoms with Crippen molar-refractivity contribution in [2.75, 3.05) is 0 Å². The standard InChI is InChI=1S/C47H28N4O/c1-2-14-30(15-3-1)45-48-46(50-47(49-45)51-40-23-10-8-19-35(40)36-20-9-11-24-41(36)51)31-25-26-42-39(27-31)44-37-21-7-6-18-34(37)38(28-43(44)52-42)33-22-12-16-29-13-4-5-17-32(29)33/h1-28H/i4D,5D,12D,13D,16D,17D,22D. The quantitative estimate of drug-likeness (QED) is 0.187. The monoisotopic (exact) mass is 671 g/mol. The molecule has 0 spiro atoms. The number of furan rings is 1. The predicted octanol–water partition coefficient (Wildman–Crippen LogP) is 12.2. The lowest BCUT2D eigenvalue weighted by atomic mass is 9.92. The van der Waals surface area contributed by atoms with Gasteiger partial charge in [-0.3, -0.25) is 4.57 Å². The first-order valence-electron chi connectivity index (χ1n) is 20.4. The third-order valence-corrected chi connectivity index (χ3v) is 9.75. The fourth-order valence-electron chi connectivity index (χ4n) is 7.45. The van der Waals surface area contributed by atoms with Gasteiger partial charge in [-0.25, -0.2) is 4.98 Å². The van der Waals surface area contributed by atoms with Crippen LogP contribution < -0.4 is 0 Å². The molecule has 0 saturated heterocycles. The zero-order chi connectivity index (χ0) is 40.3. The largest absolute Gasteiger partial charge is 0.456 e. The average molecular weight is 672 g/mol. The van der Waals surface area contributed by atoms with Gasteiger partial charge < -0.3 is 4.42 Å². The molecule has 0 aliphatic carbocycles. The van der Waals surface area contributed by atoms with E-state index in [2.05, 4.69) is 28.8 Å². The molecule has 11 aromatic rings. The number of hydrogen-bond donors (Lipinski definition) is 0. The Balaban J connectivity index is 1.17. The molecule has 3 aromatic heterocycles. The topological polar surface area (TPSA) is 56.7 Å². The Morgan fingerprint density at radius 1 is 0.462 bits per heavy atom. The van der Waals surface area contributed by atoms with Gasteiger partial charge in [-0.2, -0.15) is 9.97 Å². The molecule has 5 nitrogen and oxygen atoms in total. The van der Waals surface area contributed by atoms with E-state index in [1.807, 2.05) is 97.1 Å². The predicted molar refractivity (Wildman–Crippen MR) is 213 cm³/mol. The lowest BCUT2D eigenvalue weighted by molar-refractivity contribution is 0.669. The van der Waals surface area contributed by atoms with Crippen molar-refractivity contribution < 1.29 is 14.0 Å². The minimum Gasteiger partial charge on any atom is -0.456 e. The Kier molecular flexibility index (Phi) is 4.86. The number of rotatable bonds is 4. The average Bonchev–Trinajstić information content (AvgIpc) is 3.82. The summed E-state index contributed by atoms with van der Waals surface area (Å²) in [5, 5.41) is 5.15. The molecule has 5 heteroatoms. The molecule has 0 amide bonds. The lowest BCUT2D eigenvalue weighted by Gasteiger charge is -2.12. The van der Waals surface area contributed by atoms with E-state index in [0.717, 1.165) is 49.1 Å². The fourth-order valence-corrected chi connectivity index (χ4v) is 7.45. The normalized spacial score (nSPS) is 13.7. The molecule has 242 valence electrons. The van der Waals surface area contributed by atoms with E-state index in [1.54, 1.807) is 6.07 Å². The van der Waals surface area contributed by atoms with Gasteiger partial charge in [0.05, 0.1) is 20.6 Å². The van der Waals surface area contributed by atoms with E-state index in [4.69, 9.17) is 29.0 Å². The van der Waals surface area contributed by atoms with Gasteiger partial charge in [0.15, 0.2) is 11.6 Å². The smallest absolute Gasteiger partial charge is 0.238 e. The first kappa shape index (κ1) is 22.6. The molecular formula is C47H28N4O. The summed E-state index contributed by atoms with van der Waals surface area (Å²) in [4.78, 5) is 15.2. The van der Waals surface area contributed by atoms with Crippen LogP contribution in [0.25, 0.3) is 105 Å². The van der Waals surface area contributed by atoms with Crippen molar-refractivity contribution in [3.63, 3.8) is 0 Å². The summed E-state index contributed by atoms with van der Waals surface area (Å²) in [6, 6.07) is 38.5. The van der Waals surface area contributed by atoms with E-state index in [9.17, 15) is 0 Å². The number of benzene rings is 8. The summed E-state index contributed by atoms with van der Waals surface area (Å²) < 4.78 is 69.4. The van der Waals surface area contributed by atoms with E-state index in [0.29, 0.717) is 39.7 Å². The van der Waals surface area contributed by atoms with Crippen LogP contribution in [0.3, 0.4) is 0 Å². The SMILES string of the molecule is [2H]c1c([2H])c([2H])c2c(-c3cc4oc5ccc(-c6nc(-c7ccccc7)nc(-n7c8ccccc8c8ccccc87)n6)cc5c4c4ccccc34)c([2H])c([2H])c([2H])c2c1[2H]. The molecule has 11 rings (SSSR count). The molecule has 0 bridgehead atoms. The Morgan fingerprint density at radius 3 is 1.90 bits per heavy atom. The second-order valence-corrected chi connectivity index (χ2v) is 12.7. The highest BCUT2D eigenvalue weighted by Crippen LogP contribution is 2.42. The number of aromatic nitrogens is 4. The second kappa shape index (κ2) is 11.2. The summed E-state index contributed by atoms with van der Waals surface area (Å²) >= 11 is 0. The molecule has 0 atom stereocenters. The van der Waals surface area contributed by atoms with Crippen LogP contribution in [0.15, 0.2) is 174 Å². The molecule has 0 fully saturated rings. The number of nitrogens with zero attached hydrogens (tertiary/aromatic N) is 4. The highest BCUT2D eigenvalue weighted by Gasteiger charge is 2.20. The summed E-state index contributed by atoms with van der Waals surface area (Å²) in [5.41, 5.74) is 5.18. The molecule has 0 aliphatic rings. The van der Waals surface area contributed by atoms with E-state index in [1.165, 1.54) is 0 Å². The van der Waals surface area contributed by atoms with Crippen LogP contribution >= 0.6 is 0 Å². The molecule has 0 saturated carbocycles. The summed E-state index contributed by atoms with van der Waals surface area (Å²) in [5.74, 6) is 1.46. The van der Waals surface area contributed by atoms with Gasteiger partial charge >= 0.3 is 0 Å². The first-order chi connectivity index (χ1) is 28.7. The summed E-state index contributed by atoms with van der Waals surface area (Å²) in [7, 11) is 0. The number of fused-ring (bicyclic) bond motifs is 9. The van der Waals surface area contributed by atoms with Gasteiger partial charge in [0.1, 0.15) is 11.2 Å². The van der Waals surface area contributed by atoms with Crippen LogP contribution in [-0.2, 0) is 0 Å². The van der Waals surface area contributed by atoms with Crippen LogP contribution in [0.4, 0.5) is 0 Å².